The van der Waals surface area contributed by atoms with Gasteiger partial charge in [0, 0.05) is 6.20 Å². The Labute approximate surface area is 113 Å². The lowest BCUT2D eigenvalue weighted by Gasteiger charge is -2.10. The van der Waals surface area contributed by atoms with Crippen molar-refractivity contribution in [2.45, 2.75) is 26.2 Å². The Morgan fingerprint density at radius 2 is 2.00 bits per heavy atom. The Bertz CT molecular complexity index is 584. The van der Waals surface area contributed by atoms with Gasteiger partial charge in [0.25, 0.3) is 0 Å². The zero-order chi connectivity index (χ0) is 13.7. The van der Waals surface area contributed by atoms with E-state index in [9.17, 15) is 0 Å². The van der Waals surface area contributed by atoms with Crippen molar-refractivity contribution < 1.29 is 4.74 Å². The van der Waals surface area contributed by atoms with Crippen LogP contribution < -0.4 is 4.74 Å². The van der Waals surface area contributed by atoms with Crippen molar-refractivity contribution >= 4 is 0 Å². The van der Waals surface area contributed by atoms with Crippen LogP contribution in [0.2, 0.25) is 0 Å². The summed E-state index contributed by atoms with van der Waals surface area (Å²) in [5, 5.41) is 8.95. The maximum Gasteiger partial charge on any atom is 0.183 e. The van der Waals surface area contributed by atoms with Crippen LogP contribution in [0.3, 0.4) is 0 Å². The van der Waals surface area contributed by atoms with E-state index in [0.717, 1.165) is 12.2 Å². The van der Waals surface area contributed by atoms with Gasteiger partial charge in [-0.25, -0.2) is 4.98 Å². The van der Waals surface area contributed by atoms with E-state index < -0.39 is 0 Å². The van der Waals surface area contributed by atoms with Crippen LogP contribution in [0.1, 0.15) is 37.4 Å². The average Bonchev–Trinajstić information content (AvgIpc) is 2.48. The maximum atomic E-state index is 8.95. The number of aromatic nitrogens is 1. The predicted octanol–water partition coefficient (Wildman–Crippen LogP) is 4.26. The summed E-state index contributed by atoms with van der Waals surface area (Å²) in [6.45, 7) is 4.37. The highest BCUT2D eigenvalue weighted by Gasteiger charge is 2.06. The van der Waals surface area contributed by atoms with Gasteiger partial charge in [-0.3, -0.25) is 0 Å². The van der Waals surface area contributed by atoms with Gasteiger partial charge in [-0.05, 0) is 42.2 Å². The number of nitriles is 1. The van der Waals surface area contributed by atoms with Crippen LogP contribution >= 0.6 is 0 Å². The number of hydrogen-bond donors (Lipinski definition) is 0. The summed E-state index contributed by atoms with van der Waals surface area (Å²) in [5.41, 5.74) is 1.59. The van der Waals surface area contributed by atoms with E-state index in [0.29, 0.717) is 17.4 Å². The first-order valence-corrected chi connectivity index (χ1v) is 6.37. The van der Waals surface area contributed by atoms with Crippen molar-refractivity contribution in [3.05, 3.63) is 53.9 Å². The molecule has 3 heteroatoms. The maximum absolute atomic E-state index is 8.95. The molecule has 0 amide bonds. The number of pyridine rings is 1. The highest BCUT2D eigenvalue weighted by atomic mass is 16.5. The molecule has 0 N–H and O–H groups in total. The minimum Gasteiger partial charge on any atom is -0.454 e. The standard InChI is InChI=1S/C16H16N2O/c1-3-12(2)13-6-8-14(9-7-13)19-16-5-4-10-18-15(16)11-17/h4-10,12H,3H2,1-2H3. The first-order valence-electron chi connectivity index (χ1n) is 6.37. The minimum atomic E-state index is 0.300. The van der Waals surface area contributed by atoms with E-state index in [2.05, 4.69) is 31.0 Å². The second-order valence-electron chi connectivity index (χ2n) is 4.44. The fourth-order valence-corrected chi connectivity index (χ4v) is 1.78. The first-order chi connectivity index (χ1) is 9.24. The molecule has 0 saturated carbocycles. The highest BCUT2D eigenvalue weighted by Crippen LogP contribution is 2.26. The lowest BCUT2D eigenvalue weighted by molar-refractivity contribution is 0.478. The number of ether oxygens (including phenoxy) is 1. The molecule has 0 fully saturated rings. The molecule has 1 atom stereocenters. The molecule has 0 saturated heterocycles. The smallest absolute Gasteiger partial charge is 0.183 e. The second kappa shape index (κ2) is 6.01. The van der Waals surface area contributed by atoms with Gasteiger partial charge in [0.1, 0.15) is 11.8 Å². The Morgan fingerprint density at radius 3 is 2.63 bits per heavy atom. The Kier molecular flexibility index (Phi) is 4.15. The predicted molar refractivity (Wildman–Crippen MR) is 74.2 cm³/mol. The average molecular weight is 252 g/mol. The van der Waals surface area contributed by atoms with Crippen LogP contribution in [0.15, 0.2) is 42.6 Å². The molecule has 2 aromatic rings. The molecule has 1 aromatic heterocycles. The molecule has 0 aliphatic carbocycles. The summed E-state index contributed by atoms with van der Waals surface area (Å²) in [6, 6.07) is 13.5. The molecule has 0 aliphatic heterocycles. The fraction of sp³-hybridized carbons (Fsp3) is 0.250. The summed E-state index contributed by atoms with van der Waals surface area (Å²) >= 11 is 0. The summed E-state index contributed by atoms with van der Waals surface area (Å²) in [6.07, 6.45) is 2.69. The molecule has 0 spiro atoms. The Morgan fingerprint density at radius 1 is 1.26 bits per heavy atom. The third kappa shape index (κ3) is 3.11. The van der Waals surface area contributed by atoms with E-state index in [1.54, 1.807) is 18.3 Å². The van der Waals surface area contributed by atoms with Gasteiger partial charge >= 0.3 is 0 Å². The molecular formula is C16H16N2O. The quantitative estimate of drug-likeness (QED) is 0.816. The number of rotatable bonds is 4. The molecule has 96 valence electrons. The van der Waals surface area contributed by atoms with Gasteiger partial charge in [0.15, 0.2) is 11.4 Å². The lowest BCUT2D eigenvalue weighted by atomic mass is 9.99. The van der Waals surface area contributed by atoms with Crippen LogP contribution in [0.5, 0.6) is 11.5 Å². The number of benzene rings is 1. The van der Waals surface area contributed by atoms with Gasteiger partial charge in [-0.2, -0.15) is 5.26 Å². The van der Waals surface area contributed by atoms with Crippen molar-refractivity contribution in [1.29, 1.82) is 5.26 Å². The summed E-state index contributed by atoms with van der Waals surface area (Å²) in [5.74, 6) is 1.75. The molecule has 1 aromatic carbocycles. The molecular weight excluding hydrogens is 236 g/mol. The zero-order valence-electron chi connectivity index (χ0n) is 11.1. The summed E-state index contributed by atoms with van der Waals surface area (Å²) < 4.78 is 5.68. The molecule has 0 aliphatic rings. The fourth-order valence-electron chi connectivity index (χ4n) is 1.78. The molecule has 3 nitrogen and oxygen atoms in total. The van der Waals surface area contributed by atoms with Gasteiger partial charge in [-0.1, -0.05) is 26.0 Å². The summed E-state index contributed by atoms with van der Waals surface area (Å²) in [7, 11) is 0. The van der Waals surface area contributed by atoms with Gasteiger partial charge in [0.2, 0.25) is 0 Å². The zero-order valence-corrected chi connectivity index (χ0v) is 11.1. The van der Waals surface area contributed by atoms with Crippen molar-refractivity contribution in [2.24, 2.45) is 0 Å². The van der Waals surface area contributed by atoms with Crippen LogP contribution in [-0.2, 0) is 0 Å². The van der Waals surface area contributed by atoms with Crippen LogP contribution in [-0.4, -0.2) is 4.98 Å². The van der Waals surface area contributed by atoms with Gasteiger partial charge < -0.3 is 4.74 Å². The van der Waals surface area contributed by atoms with Crippen molar-refractivity contribution in [2.75, 3.05) is 0 Å². The number of nitrogens with zero attached hydrogens (tertiary/aromatic N) is 2. The molecule has 1 unspecified atom stereocenters. The number of hydrogen-bond acceptors (Lipinski definition) is 3. The normalized spacial score (nSPS) is 11.6. The van der Waals surface area contributed by atoms with Crippen molar-refractivity contribution in [3.63, 3.8) is 0 Å². The third-order valence-corrected chi connectivity index (χ3v) is 3.17. The molecule has 0 radical (unpaired) electrons. The van der Waals surface area contributed by atoms with Crippen LogP contribution in [0.25, 0.3) is 0 Å². The van der Waals surface area contributed by atoms with E-state index >= 15 is 0 Å². The SMILES string of the molecule is CCC(C)c1ccc(Oc2cccnc2C#N)cc1. The first kappa shape index (κ1) is 13.1. The molecule has 0 bridgehead atoms. The van der Waals surface area contributed by atoms with E-state index in [1.165, 1.54) is 5.56 Å². The van der Waals surface area contributed by atoms with Crippen LogP contribution in [0.4, 0.5) is 0 Å². The minimum absolute atomic E-state index is 0.300. The van der Waals surface area contributed by atoms with E-state index in [4.69, 9.17) is 10.00 Å². The molecule has 1 heterocycles. The molecule has 19 heavy (non-hydrogen) atoms. The Hall–Kier alpha value is -2.34. The van der Waals surface area contributed by atoms with E-state index in [-0.39, 0.29) is 0 Å². The largest absolute Gasteiger partial charge is 0.454 e. The topological polar surface area (TPSA) is 45.9 Å². The van der Waals surface area contributed by atoms with Crippen molar-refractivity contribution in [3.8, 4) is 17.6 Å². The summed E-state index contributed by atoms with van der Waals surface area (Å²) in [4.78, 5) is 3.97. The van der Waals surface area contributed by atoms with E-state index in [1.807, 2.05) is 18.2 Å². The van der Waals surface area contributed by atoms with Gasteiger partial charge in [0.05, 0.1) is 0 Å². The Balaban J connectivity index is 2.18. The second-order valence-corrected chi connectivity index (χ2v) is 4.44. The monoisotopic (exact) mass is 252 g/mol. The lowest BCUT2D eigenvalue weighted by Crippen LogP contribution is -1.93. The van der Waals surface area contributed by atoms with Gasteiger partial charge in [-0.15, -0.1) is 0 Å². The third-order valence-electron chi connectivity index (χ3n) is 3.17. The van der Waals surface area contributed by atoms with Crippen molar-refractivity contribution in [1.82, 2.24) is 4.98 Å². The molecule has 2 rings (SSSR count). The van der Waals surface area contributed by atoms with Crippen LogP contribution in [0, 0.1) is 11.3 Å². The highest BCUT2D eigenvalue weighted by molar-refractivity contribution is 5.40.